The van der Waals surface area contributed by atoms with E-state index in [9.17, 15) is 9.18 Å². The summed E-state index contributed by atoms with van der Waals surface area (Å²) < 4.78 is 13.7. The summed E-state index contributed by atoms with van der Waals surface area (Å²) in [6, 6.07) is 6.79. The SMILES string of the molecule is O=C(NC1CN2CCC1CC2)c1cc2cccc(F)c2[nH]1. The van der Waals surface area contributed by atoms with Crippen molar-refractivity contribution in [1.29, 1.82) is 0 Å². The predicted molar refractivity (Wildman–Crippen MR) is 78.7 cm³/mol. The number of rotatable bonds is 2. The molecule has 3 aliphatic heterocycles. The first-order valence-electron chi connectivity index (χ1n) is 7.51. The van der Waals surface area contributed by atoms with Crippen LogP contribution in [0, 0.1) is 11.7 Å². The lowest BCUT2D eigenvalue weighted by atomic mass is 9.84. The van der Waals surface area contributed by atoms with Crippen LogP contribution in [0.25, 0.3) is 10.9 Å². The summed E-state index contributed by atoms with van der Waals surface area (Å²) in [5.41, 5.74) is 0.836. The lowest BCUT2D eigenvalue weighted by Crippen LogP contribution is -2.57. The standard InChI is InChI=1S/C16H18FN3O/c17-12-3-1-2-11-8-13(18-15(11)12)16(21)19-14-9-20-6-4-10(14)5-7-20/h1-3,8,10,14,18H,4-7,9H2,(H,19,21). The number of halogens is 1. The number of H-pyrrole nitrogens is 1. The van der Waals surface area contributed by atoms with E-state index in [1.807, 2.05) is 0 Å². The highest BCUT2D eigenvalue weighted by Crippen LogP contribution is 2.27. The van der Waals surface area contributed by atoms with Gasteiger partial charge in [0, 0.05) is 18.0 Å². The van der Waals surface area contributed by atoms with E-state index >= 15 is 0 Å². The molecule has 5 heteroatoms. The zero-order valence-corrected chi connectivity index (χ0v) is 11.7. The second-order valence-corrected chi connectivity index (χ2v) is 6.11. The number of hydrogen-bond donors (Lipinski definition) is 2. The van der Waals surface area contributed by atoms with Crippen LogP contribution in [-0.4, -0.2) is 41.5 Å². The van der Waals surface area contributed by atoms with E-state index in [4.69, 9.17) is 0 Å². The fraction of sp³-hybridized carbons (Fsp3) is 0.438. The van der Waals surface area contributed by atoms with Crippen LogP contribution < -0.4 is 5.32 Å². The average molecular weight is 287 g/mol. The zero-order chi connectivity index (χ0) is 14.4. The van der Waals surface area contributed by atoms with E-state index in [-0.39, 0.29) is 17.8 Å². The maximum absolute atomic E-state index is 13.7. The Morgan fingerprint density at radius 2 is 2.14 bits per heavy atom. The van der Waals surface area contributed by atoms with E-state index in [1.54, 1.807) is 18.2 Å². The fourth-order valence-electron chi connectivity index (χ4n) is 3.62. The molecule has 1 amide bonds. The van der Waals surface area contributed by atoms with Gasteiger partial charge >= 0.3 is 0 Å². The largest absolute Gasteiger partial charge is 0.348 e. The number of para-hydroxylation sites is 1. The van der Waals surface area contributed by atoms with Crippen molar-refractivity contribution in [3.05, 3.63) is 35.8 Å². The van der Waals surface area contributed by atoms with Gasteiger partial charge in [0.2, 0.25) is 0 Å². The molecular weight excluding hydrogens is 269 g/mol. The van der Waals surface area contributed by atoms with Crippen LogP contribution in [0.4, 0.5) is 4.39 Å². The van der Waals surface area contributed by atoms with Crippen molar-refractivity contribution in [3.63, 3.8) is 0 Å². The minimum absolute atomic E-state index is 0.135. The Labute approximate surface area is 122 Å². The number of piperidine rings is 3. The molecule has 21 heavy (non-hydrogen) atoms. The number of aromatic nitrogens is 1. The van der Waals surface area contributed by atoms with Gasteiger partial charge in [-0.05, 0) is 44.0 Å². The number of amides is 1. The van der Waals surface area contributed by atoms with Gasteiger partial charge in [0.05, 0.1) is 5.52 Å². The Morgan fingerprint density at radius 3 is 2.81 bits per heavy atom. The predicted octanol–water partition coefficient (Wildman–Crippen LogP) is 2.13. The molecule has 0 radical (unpaired) electrons. The molecule has 2 aromatic rings. The molecule has 2 N–H and O–H groups in total. The second-order valence-electron chi connectivity index (χ2n) is 6.11. The van der Waals surface area contributed by atoms with Crippen LogP contribution in [0.2, 0.25) is 0 Å². The maximum atomic E-state index is 13.7. The number of carbonyl (C=O) groups excluding carboxylic acids is 1. The van der Waals surface area contributed by atoms with Gasteiger partial charge in [-0.3, -0.25) is 4.79 Å². The molecule has 0 spiro atoms. The minimum Gasteiger partial charge on any atom is -0.348 e. The highest BCUT2D eigenvalue weighted by molar-refractivity contribution is 5.98. The molecule has 4 nitrogen and oxygen atoms in total. The monoisotopic (exact) mass is 287 g/mol. The summed E-state index contributed by atoms with van der Waals surface area (Å²) in [4.78, 5) is 17.7. The molecule has 3 fully saturated rings. The zero-order valence-electron chi connectivity index (χ0n) is 11.7. The fourth-order valence-corrected chi connectivity index (χ4v) is 3.62. The van der Waals surface area contributed by atoms with Crippen LogP contribution in [0.1, 0.15) is 23.3 Å². The Balaban J connectivity index is 1.55. The van der Waals surface area contributed by atoms with Crippen molar-refractivity contribution in [3.8, 4) is 0 Å². The van der Waals surface area contributed by atoms with E-state index < -0.39 is 0 Å². The molecule has 1 aromatic carbocycles. The van der Waals surface area contributed by atoms with Crippen molar-refractivity contribution in [2.24, 2.45) is 5.92 Å². The van der Waals surface area contributed by atoms with E-state index in [2.05, 4.69) is 15.2 Å². The van der Waals surface area contributed by atoms with E-state index in [0.717, 1.165) is 37.9 Å². The Kier molecular flexibility index (Phi) is 2.96. The quantitative estimate of drug-likeness (QED) is 0.889. The Bertz CT molecular complexity index is 688. The van der Waals surface area contributed by atoms with Crippen molar-refractivity contribution in [2.45, 2.75) is 18.9 Å². The summed E-state index contributed by atoms with van der Waals surface area (Å²) in [5.74, 6) is 0.124. The first-order chi connectivity index (χ1) is 10.2. The van der Waals surface area contributed by atoms with Gasteiger partial charge in [0.15, 0.2) is 0 Å². The van der Waals surface area contributed by atoms with Gasteiger partial charge in [-0.25, -0.2) is 4.39 Å². The van der Waals surface area contributed by atoms with Crippen molar-refractivity contribution in [2.75, 3.05) is 19.6 Å². The number of benzene rings is 1. The molecule has 1 unspecified atom stereocenters. The van der Waals surface area contributed by atoms with Crippen LogP contribution in [-0.2, 0) is 0 Å². The van der Waals surface area contributed by atoms with Gasteiger partial charge in [0.25, 0.3) is 5.91 Å². The van der Waals surface area contributed by atoms with Gasteiger partial charge in [-0.15, -0.1) is 0 Å². The third-order valence-electron chi connectivity index (χ3n) is 4.82. The smallest absolute Gasteiger partial charge is 0.268 e. The van der Waals surface area contributed by atoms with E-state index in [0.29, 0.717) is 17.1 Å². The normalized spacial score (nSPS) is 28.0. The molecule has 110 valence electrons. The first-order valence-corrected chi connectivity index (χ1v) is 7.51. The molecule has 0 aliphatic carbocycles. The van der Waals surface area contributed by atoms with Crippen LogP contribution in [0.15, 0.2) is 24.3 Å². The first kappa shape index (κ1) is 12.8. The second kappa shape index (κ2) is 4.84. The molecule has 2 bridgehead atoms. The van der Waals surface area contributed by atoms with Gasteiger partial charge in [-0.1, -0.05) is 12.1 Å². The number of hydrogen-bond acceptors (Lipinski definition) is 2. The van der Waals surface area contributed by atoms with Crippen molar-refractivity contribution in [1.82, 2.24) is 15.2 Å². The number of nitrogens with one attached hydrogen (secondary N) is 2. The number of aromatic amines is 1. The summed E-state index contributed by atoms with van der Waals surface area (Å²) in [6.45, 7) is 3.23. The molecule has 3 saturated heterocycles. The number of fused-ring (bicyclic) bond motifs is 4. The Morgan fingerprint density at radius 1 is 1.33 bits per heavy atom. The van der Waals surface area contributed by atoms with Crippen LogP contribution in [0.5, 0.6) is 0 Å². The third kappa shape index (κ3) is 2.21. The lowest BCUT2D eigenvalue weighted by Gasteiger charge is -2.44. The van der Waals surface area contributed by atoms with Crippen LogP contribution in [0.3, 0.4) is 0 Å². The van der Waals surface area contributed by atoms with Crippen LogP contribution >= 0.6 is 0 Å². The Hall–Kier alpha value is -1.88. The molecular formula is C16H18FN3O. The highest BCUT2D eigenvalue weighted by atomic mass is 19.1. The average Bonchev–Trinajstić information content (AvgIpc) is 2.94. The summed E-state index contributed by atoms with van der Waals surface area (Å²) in [5, 5.41) is 3.84. The van der Waals surface area contributed by atoms with Gasteiger partial charge in [-0.2, -0.15) is 0 Å². The third-order valence-corrected chi connectivity index (χ3v) is 4.82. The van der Waals surface area contributed by atoms with E-state index in [1.165, 1.54) is 6.07 Å². The molecule has 5 rings (SSSR count). The van der Waals surface area contributed by atoms with Gasteiger partial charge < -0.3 is 15.2 Å². The minimum atomic E-state index is -0.325. The molecule has 3 aliphatic rings. The number of carbonyl (C=O) groups is 1. The maximum Gasteiger partial charge on any atom is 0.268 e. The molecule has 1 aromatic heterocycles. The number of nitrogens with zero attached hydrogens (tertiary/aromatic N) is 1. The highest BCUT2D eigenvalue weighted by Gasteiger charge is 2.35. The lowest BCUT2D eigenvalue weighted by molar-refractivity contribution is 0.0618. The topological polar surface area (TPSA) is 48.1 Å². The molecule has 4 heterocycles. The van der Waals surface area contributed by atoms with Gasteiger partial charge in [0.1, 0.15) is 11.5 Å². The summed E-state index contributed by atoms with van der Waals surface area (Å²) in [6.07, 6.45) is 2.32. The van der Waals surface area contributed by atoms with Crippen molar-refractivity contribution < 1.29 is 9.18 Å². The van der Waals surface area contributed by atoms with Crippen molar-refractivity contribution >= 4 is 16.8 Å². The summed E-state index contributed by atoms with van der Waals surface area (Å²) >= 11 is 0. The molecule has 1 atom stereocenters. The summed E-state index contributed by atoms with van der Waals surface area (Å²) in [7, 11) is 0. The molecule has 0 saturated carbocycles.